The summed E-state index contributed by atoms with van der Waals surface area (Å²) in [5, 5.41) is 6.81. The van der Waals surface area contributed by atoms with Crippen molar-refractivity contribution in [2.24, 2.45) is 0 Å². The quantitative estimate of drug-likeness (QED) is 0.255. The molecule has 0 spiro atoms. The number of amides is 2. The second-order valence-electron chi connectivity index (χ2n) is 8.45. The van der Waals surface area contributed by atoms with Crippen LogP contribution in [0.5, 0.6) is 0 Å². The van der Waals surface area contributed by atoms with Gasteiger partial charge in [0.1, 0.15) is 4.83 Å². The molecule has 180 valence electrons. The maximum absolute atomic E-state index is 13.5. The van der Waals surface area contributed by atoms with Crippen LogP contribution in [0.2, 0.25) is 0 Å². The van der Waals surface area contributed by atoms with Gasteiger partial charge in [0.15, 0.2) is 5.16 Å². The molecule has 7 nitrogen and oxygen atoms in total. The van der Waals surface area contributed by atoms with Gasteiger partial charge in [-0.05, 0) is 55.9 Å². The van der Waals surface area contributed by atoms with Crippen molar-refractivity contribution in [3.63, 3.8) is 0 Å². The lowest BCUT2D eigenvalue weighted by Gasteiger charge is -2.13. The summed E-state index contributed by atoms with van der Waals surface area (Å²) in [6.45, 7) is 2.75. The van der Waals surface area contributed by atoms with Gasteiger partial charge in [0, 0.05) is 29.7 Å². The minimum atomic E-state index is -0.210. The third kappa shape index (κ3) is 5.36. The predicted molar refractivity (Wildman–Crippen MR) is 139 cm³/mol. The van der Waals surface area contributed by atoms with Crippen molar-refractivity contribution >= 4 is 50.8 Å². The maximum atomic E-state index is 13.5. The topological polar surface area (TPSA) is 93.1 Å². The van der Waals surface area contributed by atoms with E-state index in [0.717, 1.165) is 55.2 Å². The Morgan fingerprint density at radius 2 is 2.03 bits per heavy atom. The lowest BCUT2D eigenvalue weighted by atomic mass is 9.97. The summed E-state index contributed by atoms with van der Waals surface area (Å²) in [5.41, 5.74) is 2.26. The molecule has 0 unspecified atom stereocenters. The fourth-order valence-corrected chi connectivity index (χ4v) is 6.38. The van der Waals surface area contributed by atoms with Gasteiger partial charge >= 0.3 is 0 Å². The van der Waals surface area contributed by atoms with Crippen LogP contribution < -0.4 is 16.2 Å². The molecule has 9 heteroatoms. The van der Waals surface area contributed by atoms with Crippen LogP contribution in [0.1, 0.15) is 59.8 Å². The van der Waals surface area contributed by atoms with E-state index in [0.29, 0.717) is 23.0 Å². The first kappa shape index (κ1) is 24.5. The summed E-state index contributed by atoms with van der Waals surface area (Å²) in [4.78, 5) is 45.0. The Bertz CT molecular complexity index is 1270. The van der Waals surface area contributed by atoms with Crippen LogP contribution in [0.4, 0.5) is 5.69 Å². The number of nitrogens with one attached hydrogen (secondary N) is 2. The Hall–Kier alpha value is -2.65. The number of anilines is 1. The molecule has 3 aromatic rings. The lowest BCUT2D eigenvalue weighted by Crippen LogP contribution is -2.25. The SMILES string of the molecule is CCCCCn1c(SCC(=O)Nc2cccc(C(=O)NC)c2)nc2sc3c(c2c1=O)CCCC3. The van der Waals surface area contributed by atoms with Gasteiger partial charge in [-0.3, -0.25) is 19.0 Å². The van der Waals surface area contributed by atoms with Crippen LogP contribution in [0, 0.1) is 0 Å². The van der Waals surface area contributed by atoms with E-state index in [2.05, 4.69) is 17.6 Å². The summed E-state index contributed by atoms with van der Waals surface area (Å²) in [7, 11) is 1.57. The highest BCUT2D eigenvalue weighted by Gasteiger charge is 2.22. The molecular formula is C25H30N4O3S2. The molecule has 2 aromatic heterocycles. The zero-order valence-corrected chi connectivity index (χ0v) is 21.2. The van der Waals surface area contributed by atoms with Gasteiger partial charge < -0.3 is 10.6 Å². The standard InChI is InChI=1S/C25H30N4O3S2/c1-3-4-7-13-29-24(32)21-18-11-5-6-12-19(18)34-23(21)28-25(29)33-15-20(30)27-17-10-8-9-16(14-17)22(31)26-2/h8-10,14H,3-7,11-13,15H2,1-2H3,(H,26,31)(H,27,30). The normalized spacial score (nSPS) is 13.0. The first-order chi connectivity index (χ1) is 16.5. The average molecular weight is 499 g/mol. The van der Waals surface area contributed by atoms with Gasteiger partial charge in [-0.15, -0.1) is 11.3 Å². The van der Waals surface area contributed by atoms with Crippen molar-refractivity contribution in [2.45, 2.75) is 63.6 Å². The van der Waals surface area contributed by atoms with E-state index in [-0.39, 0.29) is 23.1 Å². The van der Waals surface area contributed by atoms with Gasteiger partial charge in [-0.1, -0.05) is 37.6 Å². The number of hydrogen-bond donors (Lipinski definition) is 2. The summed E-state index contributed by atoms with van der Waals surface area (Å²) in [6, 6.07) is 6.81. The molecule has 2 N–H and O–H groups in total. The Balaban J connectivity index is 1.55. The molecule has 1 aliphatic carbocycles. The molecule has 2 heterocycles. The van der Waals surface area contributed by atoms with Crippen molar-refractivity contribution in [3.8, 4) is 0 Å². The minimum Gasteiger partial charge on any atom is -0.355 e. The number of hydrogen-bond acceptors (Lipinski definition) is 6. The molecule has 4 rings (SSSR count). The van der Waals surface area contributed by atoms with E-state index in [1.807, 2.05) is 0 Å². The predicted octanol–water partition coefficient (Wildman–Crippen LogP) is 4.62. The number of unbranched alkanes of at least 4 members (excludes halogenated alkanes) is 2. The monoisotopic (exact) mass is 498 g/mol. The number of carbonyl (C=O) groups excluding carboxylic acids is 2. The summed E-state index contributed by atoms with van der Waals surface area (Å²) in [6.07, 6.45) is 7.26. The first-order valence-electron chi connectivity index (χ1n) is 11.8. The van der Waals surface area contributed by atoms with Gasteiger partial charge in [0.05, 0.1) is 11.1 Å². The average Bonchev–Trinajstić information content (AvgIpc) is 3.22. The number of aromatic nitrogens is 2. The zero-order chi connectivity index (χ0) is 24.1. The van der Waals surface area contributed by atoms with Crippen LogP contribution >= 0.6 is 23.1 Å². The van der Waals surface area contributed by atoms with Crippen molar-refractivity contribution in [3.05, 3.63) is 50.6 Å². The summed E-state index contributed by atoms with van der Waals surface area (Å²) < 4.78 is 1.77. The highest BCUT2D eigenvalue weighted by atomic mass is 32.2. The Kier molecular flexibility index (Phi) is 8.05. The number of aryl methyl sites for hydroxylation is 2. The van der Waals surface area contributed by atoms with E-state index in [4.69, 9.17) is 4.98 Å². The number of benzene rings is 1. The smallest absolute Gasteiger partial charge is 0.263 e. The lowest BCUT2D eigenvalue weighted by molar-refractivity contribution is -0.113. The molecule has 0 fully saturated rings. The number of carbonyl (C=O) groups is 2. The highest BCUT2D eigenvalue weighted by molar-refractivity contribution is 7.99. The van der Waals surface area contributed by atoms with Crippen LogP contribution in [0.15, 0.2) is 34.2 Å². The first-order valence-corrected chi connectivity index (χ1v) is 13.6. The van der Waals surface area contributed by atoms with Crippen LogP contribution in [0.3, 0.4) is 0 Å². The minimum absolute atomic E-state index is 0.0293. The highest BCUT2D eigenvalue weighted by Crippen LogP contribution is 2.34. The number of fused-ring (bicyclic) bond motifs is 3. The van der Waals surface area contributed by atoms with Crippen molar-refractivity contribution in [1.82, 2.24) is 14.9 Å². The van der Waals surface area contributed by atoms with Gasteiger partial charge in [-0.2, -0.15) is 0 Å². The molecule has 1 aromatic carbocycles. The van der Waals surface area contributed by atoms with Gasteiger partial charge in [0.25, 0.3) is 11.5 Å². The molecule has 0 radical (unpaired) electrons. The summed E-state index contributed by atoms with van der Waals surface area (Å²) in [5.74, 6) is -0.294. The molecule has 0 saturated heterocycles. The summed E-state index contributed by atoms with van der Waals surface area (Å²) >= 11 is 2.92. The largest absolute Gasteiger partial charge is 0.355 e. The van der Waals surface area contributed by atoms with E-state index >= 15 is 0 Å². The van der Waals surface area contributed by atoms with Crippen molar-refractivity contribution in [2.75, 3.05) is 18.1 Å². The number of thioether (sulfide) groups is 1. The van der Waals surface area contributed by atoms with Crippen molar-refractivity contribution in [1.29, 1.82) is 0 Å². The van der Waals surface area contributed by atoms with E-state index in [1.165, 1.54) is 22.2 Å². The van der Waals surface area contributed by atoms with Crippen LogP contribution in [0.25, 0.3) is 10.2 Å². The maximum Gasteiger partial charge on any atom is 0.263 e. The molecule has 1 aliphatic rings. The third-order valence-corrected chi connectivity index (χ3v) is 8.16. The molecule has 34 heavy (non-hydrogen) atoms. The Morgan fingerprint density at radius 1 is 1.21 bits per heavy atom. The third-order valence-electron chi connectivity index (χ3n) is 5.99. The van der Waals surface area contributed by atoms with E-state index in [1.54, 1.807) is 47.2 Å². The molecule has 0 aliphatic heterocycles. The Labute approximate surface area is 207 Å². The fourth-order valence-electron chi connectivity index (χ4n) is 4.26. The van der Waals surface area contributed by atoms with Gasteiger partial charge in [-0.25, -0.2) is 4.98 Å². The van der Waals surface area contributed by atoms with E-state index < -0.39 is 0 Å². The number of nitrogens with zero attached hydrogens (tertiary/aromatic N) is 2. The van der Waals surface area contributed by atoms with Crippen molar-refractivity contribution < 1.29 is 9.59 Å². The second-order valence-corrected chi connectivity index (χ2v) is 10.5. The fraction of sp³-hybridized carbons (Fsp3) is 0.440. The van der Waals surface area contributed by atoms with E-state index in [9.17, 15) is 14.4 Å². The molecular weight excluding hydrogens is 468 g/mol. The molecule has 2 amide bonds. The van der Waals surface area contributed by atoms with Gasteiger partial charge in [0.2, 0.25) is 5.91 Å². The molecule has 0 saturated carbocycles. The molecule has 0 bridgehead atoms. The van der Waals surface area contributed by atoms with Crippen LogP contribution in [-0.2, 0) is 24.2 Å². The molecule has 0 atom stereocenters. The Morgan fingerprint density at radius 3 is 2.82 bits per heavy atom. The number of rotatable bonds is 9. The second kappa shape index (κ2) is 11.2. The number of thiophene rings is 1. The zero-order valence-electron chi connectivity index (χ0n) is 19.6. The van der Waals surface area contributed by atoms with Crippen LogP contribution in [-0.4, -0.2) is 34.2 Å².